The number of halogens is 3. The third-order valence-electron chi connectivity index (χ3n) is 4.37. The molecule has 0 atom stereocenters. The summed E-state index contributed by atoms with van der Waals surface area (Å²) in [5, 5.41) is 3.19. The number of hydrogen-bond donors (Lipinski definition) is 1. The number of esters is 1. The number of carbonyl (C=O) groups excluding carboxylic acids is 1. The van der Waals surface area contributed by atoms with Crippen molar-refractivity contribution in [2.24, 2.45) is 10.9 Å². The molecule has 1 aromatic rings. The van der Waals surface area contributed by atoms with Crippen molar-refractivity contribution in [3.63, 3.8) is 0 Å². The van der Waals surface area contributed by atoms with Crippen molar-refractivity contribution in [1.29, 1.82) is 0 Å². The van der Waals surface area contributed by atoms with E-state index >= 15 is 0 Å². The number of piperidine rings is 1. The molecule has 0 aliphatic carbocycles. The van der Waals surface area contributed by atoms with E-state index in [1.54, 1.807) is 19.1 Å². The number of likely N-dealkylation sites (tertiary alicyclic amines) is 1. The topological polar surface area (TPSA) is 76.1 Å². The van der Waals surface area contributed by atoms with Crippen molar-refractivity contribution >= 4 is 11.9 Å². The van der Waals surface area contributed by atoms with Gasteiger partial charge in [0.05, 0.1) is 19.1 Å². The zero-order valence-electron chi connectivity index (χ0n) is 16.7. The molecule has 0 radical (unpaired) electrons. The van der Waals surface area contributed by atoms with Gasteiger partial charge < -0.3 is 19.7 Å². The van der Waals surface area contributed by atoms with Crippen LogP contribution in [-0.4, -0.2) is 60.8 Å². The number of hydrogen-bond acceptors (Lipinski definition) is 5. The molecule has 1 fully saturated rings. The summed E-state index contributed by atoms with van der Waals surface area (Å²) in [6, 6.07) is 3.27. The summed E-state index contributed by atoms with van der Waals surface area (Å²) in [5.74, 6) is 0.275. The molecular formula is C19H27F3N4O3. The maximum Gasteiger partial charge on any atom is 0.422 e. The van der Waals surface area contributed by atoms with Crippen molar-refractivity contribution in [2.75, 3.05) is 32.8 Å². The Morgan fingerprint density at radius 3 is 2.69 bits per heavy atom. The van der Waals surface area contributed by atoms with Gasteiger partial charge >= 0.3 is 12.1 Å². The number of nitrogens with zero attached hydrogens (tertiary/aromatic N) is 3. The van der Waals surface area contributed by atoms with Gasteiger partial charge in [0, 0.05) is 31.4 Å². The first kappa shape index (κ1) is 22.8. The molecule has 1 saturated heterocycles. The van der Waals surface area contributed by atoms with E-state index in [1.165, 1.54) is 6.20 Å². The van der Waals surface area contributed by atoms with Crippen LogP contribution in [0.2, 0.25) is 0 Å². The highest BCUT2D eigenvalue weighted by Crippen LogP contribution is 2.22. The van der Waals surface area contributed by atoms with Crippen LogP contribution in [-0.2, 0) is 16.1 Å². The van der Waals surface area contributed by atoms with Crippen LogP contribution in [0.25, 0.3) is 0 Å². The van der Waals surface area contributed by atoms with Gasteiger partial charge in [-0.1, -0.05) is 6.07 Å². The Kier molecular flexibility index (Phi) is 8.53. The first-order valence-electron chi connectivity index (χ1n) is 9.67. The average molecular weight is 416 g/mol. The van der Waals surface area contributed by atoms with E-state index in [0.29, 0.717) is 50.6 Å². The van der Waals surface area contributed by atoms with Crippen molar-refractivity contribution in [1.82, 2.24) is 15.2 Å². The van der Waals surface area contributed by atoms with Crippen LogP contribution in [0.1, 0.15) is 32.3 Å². The highest BCUT2D eigenvalue weighted by molar-refractivity contribution is 5.80. The Morgan fingerprint density at radius 1 is 1.34 bits per heavy atom. The van der Waals surface area contributed by atoms with E-state index in [1.807, 2.05) is 11.8 Å². The molecule has 2 rings (SSSR count). The van der Waals surface area contributed by atoms with E-state index in [4.69, 9.17) is 9.47 Å². The van der Waals surface area contributed by atoms with Crippen molar-refractivity contribution < 1.29 is 27.4 Å². The molecule has 10 heteroatoms. The molecule has 162 valence electrons. The van der Waals surface area contributed by atoms with Crippen molar-refractivity contribution in [2.45, 2.75) is 39.4 Å². The number of rotatable bonds is 7. The lowest BCUT2D eigenvalue weighted by Crippen LogP contribution is -2.46. The molecule has 1 aliphatic rings. The van der Waals surface area contributed by atoms with Gasteiger partial charge in [0.15, 0.2) is 12.6 Å². The lowest BCUT2D eigenvalue weighted by Gasteiger charge is -2.33. The Bertz CT molecular complexity index is 690. The lowest BCUT2D eigenvalue weighted by molar-refractivity contribution is -0.154. The van der Waals surface area contributed by atoms with Gasteiger partial charge in [0.25, 0.3) is 0 Å². The second kappa shape index (κ2) is 10.9. The monoisotopic (exact) mass is 416 g/mol. The Morgan fingerprint density at radius 2 is 2.07 bits per heavy atom. The number of guanidine groups is 1. The molecule has 1 aliphatic heterocycles. The van der Waals surface area contributed by atoms with Crippen LogP contribution in [0.4, 0.5) is 13.2 Å². The van der Waals surface area contributed by atoms with E-state index < -0.39 is 12.8 Å². The zero-order chi connectivity index (χ0) is 21.3. The van der Waals surface area contributed by atoms with E-state index in [-0.39, 0.29) is 24.3 Å². The van der Waals surface area contributed by atoms with Crippen molar-refractivity contribution in [3.8, 4) is 5.88 Å². The Balaban J connectivity index is 2.02. The van der Waals surface area contributed by atoms with Crippen LogP contribution in [0.15, 0.2) is 23.3 Å². The molecule has 0 spiro atoms. The fraction of sp³-hybridized carbons (Fsp3) is 0.632. The smallest absolute Gasteiger partial charge is 0.422 e. The maximum atomic E-state index is 12.4. The first-order chi connectivity index (χ1) is 13.8. The summed E-state index contributed by atoms with van der Waals surface area (Å²) in [6.45, 7) is 4.73. The zero-order valence-corrected chi connectivity index (χ0v) is 16.7. The van der Waals surface area contributed by atoms with Gasteiger partial charge in [-0.15, -0.1) is 0 Å². The second-order valence-electron chi connectivity index (χ2n) is 6.56. The standard InChI is InChI=1S/C19H27F3N4O3/c1-3-23-18(26-10-7-14(8-11-26)17(27)28-4-2)25-12-15-6-5-9-24-16(15)29-13-19(20,21)22/h5-6,9,14H,3-4,7-8,10-13H2,1-2H3,(H,23,25). The van der Waals surface area contributed by atoms with Gasteiger partial charge in [-0.3, -0.25) is 4.79 Å². The number of carbonyl (C=O) groups is 1. The number of aliphatic imine (C=N–C) groups is 1. The Hall–Kier alpha value is -2.52. The Labute approximate surface area is 168 Å². The average Bonchev–Trinajstić information content (AvgIpc) is 2.70. The fourth-order valence-electron chi connectivity index (χ4n) is 3.00. The SMILES string of the molecule is CCNC(=NCc1cccnc1OCC(F)(F)F)N1CCC(C(=O)OCC)CC1. The molecule has 2 heterocycles. The summed E-state index contributed by atoms with van der Waals surface area (Å²) in [6.07, 6.45) is -1.73. The van der Waals surface area contributed by atoms with Crippen LogP contribution in [0.3, 0.4) is 0 Å². The molecule has 1 N–H and O–H groups in total. The highest BCUT2D eigenvalue weighted by Gasteiger charge is 2.29. The minimum atomic E-state index is -4.43. The minimum Gasteiger partial charge on any atom is -0.468 e. The second-order valence-corrected chi connectivity index (χ2v) is 6.56. The largest absolute Gasteiger partial charge is 0.468 e. The number of alkyl halides is 3. The predicted molar refractivity (Wildman–Crippen MR) is 102 cm³/mol. The third-order valence-corrected chi connectivity index (χ3v) is 4.37. The van der Waals surface area contributed by atoms with Crippen LogP contribution in [0, 0.1) is 5.92 Å². The molecule has 0 saturated carbocycles. The molecule has 7 nitrogen and oxygen atoms in total. The molecular weight excluding hydrogens is 389 g/mol. The quantitative estimate of drug-likeness (QED) is 0.419. The highest BCUT2D eigenvalue weighted by atomic mass is 19.4. The van der Waals surface area contributed by atoms with E-state index in [0.717, 1.165) is 0 Å². The summed E-state index contributed by atoms with van der Waals surface area (Å²) in [4.78, 5) is 22.3. The van der Waals surface area contributed by atoms with Gasteiger partial charge in [0.2, 0.25) is 5.88 Å². The first-order valence-corrected chi connectivity index (χ1v) is 9.67. The molecule has 0 aromatic carbocycles. The number of nitrogens with one attached hydrogen (secondary N) is 1. The lowest BCUT2D eigenvalue weighted by atomic mass is 9.97. The fourth-order valence-corrected chi connectivity index (χ4v) is 3.00. The molecule has 29 heavy (non-hydrogen) atoms. The van der Waals surface area contributed by atoms with Gasteiger partial charge in [-0.05, 0) is 32.8 Å². The van der Waals surface area contributed by atoms with Crippen LogP contribution in [0.5, 0.6) is 5.88 Å². The van der Waals surface area contributed by atoms with Crippen molar-refractivity contribution in [3.05, 3.63) is 23.9 Å². The van der Waals surface area contributed by atoms with Gasteiger partial charge in [-0.25, -0.2) is 9.98 Å². The predicted octanol–water partition coefficient (Wildman–Crippen LogP) is 2.76. The third kappa shape index (κ3) is 7.43. The number of ether oxygens (including phenoxy) is 2. The molecule has 0 unspecified atom stereocenters. The summed E-state index contributed by atoms with van der Waals surface area (Å²) >= 11 is 0. The van der Waals surface area contributed by atoms with Crippen LogP contribution < -0.4 is 10.1 Å². The van der Waals surface area contributed by atoms with Crippen LogP contribution >= 0.6 is 0 Å². The number of aromatic nitrogens is 1. The summed E-state index contributed by atoms with van der Waals surface area (Å²) < 4.78 is 47.2. The molecule has 0 amide bonds. The van der Waals surface area contributed by atoms with Gasteiger partial charge in [-0.2, -0.15) is 13.2 Å². The number of pyridine rings is 1. The summed E-state index contributed by atoms with van der Waals surface area (Å²) in [5.41, 5.74) is 0.466. The molecule has 1 aromatic heterocycles. The normalized spacial score (nSPS) is 15.9. The van der Waals surface area contributed by atoms with Gasteiger partial charge in [0.1, 0.15) is 0 Å². The molecule has 0 bridgehead atoms. The minimum absolute atomic E-state index is 0.0783. The van der Waals surface area contributed by atoms with E-state index in [9.17, 15) is 18.0 Å². The van der Waals surface area contributed by atoms with E-state index in [2.05, 4.69) is 15.3 Å². The summed E-state index contributed by atoms with van der Waals surface area (Å²) in [7, 11) is 0. The maximum absolute atomic E-state index is 12.4.